The number of aliphatic hydroxyl groups is 1. The third kappa shape index (κ3) is 5.48. The van der Waals surface area contributed by atoms with Gasteiger partial charge in [-0.2, -0.15) is 0 Å². The summed E-state index contributed by atoms with van der Waals surface area (Å²) in [5.41, 5.74) is 0.965. The van der Waals surface area contributed by atoms with Crippen molar-refractivity contribution in [1.82, 2.24) is 4.90 Å². The first kappa shape index (κ1) is 15.6. The van der Waals surface area contributed by atoms with E-state index in [1.165, 1.54) is 0 Å². The molecule has 0 saturated carbocycles. The van der Waals surface area contributed by atoms with Gasteiger partial charge in [0.25, 0.3) is 0 Å². The fourth-order valence-corrected chi connectivity index (χ4v) is 2.25. The normalized spacial score (nSPS) is 12.9. The van der Waals surface area contributed by atoms with E-state index < -0.39 is 6.10 Å². The minimum atomic E-state index is -0.404. The van der Waals surface area contributed by atoms with Crippen LogP contribution < -0.4 is 0 Å². The lowest BCUT2D eigenvalue weighted by atomic mass is 10.1. The minimum absolute atomic E-state index is 0.404. The molecule has 1 N–H and O–H groups in total. The maximum absolute atomic E-state index is 10.1. The first-order valence-corrected chi connectivity index (χ1v) is 7.11. The monoisotopic (exact) mass is 315 g/mol. The fraction of sp³-hybridized carbons (Fsp3) is 0.571. The topological polar surface area (TPSA) is 32.7 Å². The van der Waals surface area contributed by atoms with E-state index in [9.17, 15) is 5.11 Å². The summed E-state index contributed by atoms with van der Waals surface area (Å²) in [4.78, 5) is 2.28. The van der Waals surface area contributed by atoms with Gasteiger partial charge in [-0.25, -0.2) is 0 Å². The molecule has 0 aliphatic carbocycles. The zero-order valence-electron chi connectivity index (χ0n) is 11.1. The van der Waals surface area contributed by atoms with Crippen LogP contribution in [0.3, 0.4) is 0 Å². The van der Waals surface area contributed by atoms with Gasteiger partial charge in [-0.3, -0.25) is 0 Å². The second-order valence-corrected chi connectivity index (χ2v) is 5.20. The van der Waals surface area contributed by atoms with Crippen LogP contribution in [0.15, 0.2) is 28.7 Å². The zero-order chi connectivity index (χ0) is 13.4. The number of methoxy groups -OCH3 is 1. The highest BCUT2D eigenvalue weighted by atomic mass is 79.9. The van der Waals surface area contributed by atoms with Crippen molar-refractivity contribution in [2.45, 2.75) is 19.4 Å². The lowest BCUT2D eigenvalue weighted by Crippen LogP contribution is -2.29. The van der Waals surface area contributed by atoms with E-state index >= 15 is 0 Å². The van der Waals surface area contributed by atoms with Crippen LogP contribution >= 0.6 is 15.9 Å². The Balaban J connectivity index is 2.42. The number of hydrogen-bond donors (Lipinski definition) is 1. The van der Waals surface area contributed by atoms with E-state index in [-0.39, 0.29) is 0 Å². The zero-order valence-corrected chi connectivity index (χ0v) is 12.7. The summed E-state index contributed by atoms with van der Waals surface area (Å²) < 4.78 is 6.08. The summed E-state index contributed by atoms with van der Waals surface area (Å²) in [6, 6.07) is 7.84. The van der Waals surface area contributed by atoms with Crippen molar-refractivity contribution >= 4 is 15.9 Å². The van der Waals surface area contributed by atoms with Gasteiger partial charge in [0.05, 0.1) is 12.7 Å². The molecule has 1 unspecified atom stereocenters. The molecule has 0 saturated heterocycles. The fourth-order valence-electron chi connectivity index (χ4n) is 1.83. The second-order valence-electron chi connectivity index (χ2n) is 4.29. The number of rotatable bonds is 8. The molecule has 1 aromatic carbocycles. The van der Waals surface area contributed by atoms with Crippen molar-refractivity contribution in [1.29, 1.82) is 0 Å². The van der Waals surface area contributed by atoms with Crippen molar-refractivity contribution in [3.63, 3.8) is 0 Å². The van der Waals surface area contributed by atoms with E-state index in [1.54, 1.807) is 7.11 Å². The molecule has 0 radical (unpaired) electrons. The molecule has 0 spiro atoms. The molecule has 102 valence electrons. The van der Waals surface area contributed by atoms with Gasteiger partial charge >= 0.3 is 0 Å². The molecule has 3 nitrogen and oxygen atoms in total. The lowest BCUT2D eigenvalue weighted by Gasteiger charge is -2.21. The summed E-state index contributed by atoms with van der Waals surface area (Å²) in [5, 5.41) is 10.1. The van der Waals surface area contributed by atoms with Crippen LogP contribution in [0.25, 0.3) is 0 Å². The average Bonchev–Trinajstić information content (AvgIpc) is 2.38. The number of benzene rings is 1. The molecule has 0 fully saturated rings. The van der Waals surface area contributed by atoms with E-state index in [0.717, 1.165) is 42.7 Å². The molecule has 0 amide bonds. The highest BCUT2D eigenvalue weighted by molar-refractivity contribution is 9.10. The Labute approximate surface area is 118 Å². The molecule has 0 aliphatic heterocycles. The number of hydrogen-bond acceptors (Lipinski definition) is 3. The Bertz CT molecular complexity index is 346. The summed E-state index contributed by atoms with van der Waals surface area (Å²) in [6.07, 6.45) is 0.340. The molecule has 0 aromatic heterocycles. The molecule has 1 aromatic rings. The molecule has 0 aliphatic rings. The molecule has 0 heterocycles. The van der Waals surface area contributed by atoms with Crippen LogP contribution in [0.1, 0.15) is 25.0 Å². The van der Waals surface area contributed by atoms with Crippen molar-refractivity contribution in [2.75, 3.05) is 33.4 Å². The van der Waals surface area contributed by atoms with Crippen molar-refractivity contribution in [2.24, 2.45) is 0 Å². The Morgan fingerprint density at radius 1 is 1.39 bits per heavy atom. The molecule has 4 heteroatoms. The molecule has 1 rings (SSSR count). The third-order valence-corrected chi connectivity index (χ3v) is 3.50. The van der Waals surface area contributed by atoms with Crippen LogP contribution in [-0.2, 0) is 4.74 Å². The molecule has 1 atom stereocenters. The van der Waals surface area contributed by atoms with Crippen molar-refractivity contribution in [3.05, 3.63) is 34.3 Å². The van der Waals surface area contributed by atoms with Crippen LogP contribution in [0.5, 0.6) is 0 Å². The molecule has 0 bridgehead atoms. The highest BCUT2D eigenvalue weighted by Crippen LogP contribution is 2.20. The summed E-state index contributed by atoms with van der Waals surface area (Å²) in [5.74, 6) is 0. The number of halogens is 1. The third-order valence-electron chi connectivity index (χ3n) is 3.01. The standard InChI is InChI=1S/C14H22BrNO2/c1-3-16(9-10-18-2)8-7-14(17)12-5-4-6-13(15)11-12/h4-6,11,14,17H,3,7-10H2,1-2H3. The summed E-state index contributed by atoms with van der Waals surface area (Å²) in [7, 11) is 1.71. The number of nitrogens with zero attached hydrogens (tertiary/aromatic N) is 1. The maximum atomic E-state index is 10.1. The molecular weight excluding hydrogens is 294 g/mol. The van der Waals surface area contributed by atoms with Gasteiger partial charge in [0.2, 0.25) is 0 Å². The Morgan fingerprint density at radius 2 is 2.17 bits per heavy atom. The smallest absolute Gasteiger partial charge is 0.0802 e. The lowest BCUT2D eigenvalue weighted by molar-refractivity contribution is 0.120. The van der Waals surface area contributed by atoms with Gasteiger partial charge in [0.1, 0.15) is 0 Å². The van der Waals surface area contributed by atoms with Gasteiger partial charge in [-0.15, -0.1) is 0 Å². The second kappa shape index (κ2) is 8.64. The van der Waals surface area contributed by atoms with Crippen LogP contribution in [0, 0.1) is 0 Å². The van der Waals surface area contributed by atoms with E-state index in [0.29, 0.717) is 0 Å². The van der Waals surface area contributed by atoms with Gasteiger partial charge in [0.15, 0.2) is 0 Å². The SMILES string of the molecule is CCN(CCOC)CCC(O)c1cccc(Br)c1. The Morgan fingerprint density at radius 3 is 2.78 bits per heavy atom. The first-order chi connectivity index (χ1) is 8.67. The van der Waals surface area contributed by atoms with Crippen molar-refractivity contribution in [3.8, 4) is 0 Å². The van der Waals surface area contributed by atoms with Crippen LogP contribution in [0.4, 0.5) is 0 Å². The maximum Gasteiger partial charge on any atom is 0.0802 e. The largest absolute Gasteiger partial charge is 0.388 e. The molecular formula is C14H22BrNO2. The Hall–Kier alpha value is -0.420. The Kier molecular flexibility index (Phi) is 7.51. The van der Waals surface area contributed by atoms with E-state index in [1.807, 2.05) is 24.3 Å². The van der Waals surface area contributed by atoms with Crippen molar-refractivity contribution < 1.29 is 9.84 Å². The van der Waals surface area contributed by atoms with Gasteiger partial charge < -0.3 is 14.7 Å². The highest BCUT2D eigenvalue weighted by Gasteiger charge is 2.10. The molecule has 18 heavy (non-hydrogen) atoms. The van der Waals surface area contributed by atoms with Gasteiger partial charge in [-0.1, -0.05) is 35.0 Å². The van der Waals surface area contributed by atoms with Gasteiger partial charge in [0, 0.05) is 24.7 Å². The average molecular weight is 316 g/mol. The van der Waals surface area contributed by atoms with Gasteiger partial charge in [-0.05, 0) is 30.7 Å². The first-order valence-electron chi connectivity index (χ1n) is 6.32. The predicted octanol–water partition coefficient (Wildman–Crippen LogP) is 2.84. The van der Waals surface area contributed by atoms with E-state index in [2.05, 4.69) is 27.8 Å². The number of aliphatic hydroxyl groups excluding tert-OH is 1. The van der Waals surface area contributed by atoms with Crippen LogP contribution in [-0.4, -0.2) is 43.4 Å². The minimum Gasteiger partial charge on any atom is -0.388 e. The summed E-state index contributed by atoms with van der Waals surface area (Å²) >= 11 is 3.42. The quantitative estimate of drug-likeness (QED) is 0.800. The van der Waals surface area contributed by atoms with E-state index in [4.69, 9.17) is 4.74 Å². The number of ether oxygens (including phenoxy) is 1. The predicted molar refractivity (Wildman–Crippen MR) is 77.7 cm³/mol. The summed E-state index contributed by atoms with van der Waals surface area (Å²) in [6.45, 7) is 5.64. The van der Waals surface area contributed by atoms with Crippen LogP contribution in [0.2, 0.25) is 0 Å². The number of likely N-dealkylation sites (N-methyl/N-ethyl adjacent to an activating group) is 1.